The summed E-state index contributed by atoms with van der Waals surface area (Å²) in [5.41, 5.74) is 4.70. The molecule has 0 bridgehead atoms. The normalized spacial score (nSPS) is 29.6. The minimum Gasteiger partial charge on any atom is -0.507 e. The van der Waals surface area contributed by atoms with Crippen LogP contribution < -0.4 is 10.6 Å². The molecule has 2 saturated carbocycles. The van der Waals surface area contributed by atoms with Crippen molar-refractivity contribution in [3.63, 3.8) is 0 Å². The fourth-order valence-electron chi connectivity index (χ4n) is 6.90. The van der Waals surface area contributed by atoms with E-state index in [0.717, 1.165) is 0 Å². The number of rotatable bonds is 4. The number of fused-ring (bicyclic) bond motifs is 3. The van der Waals surface area contributed by atoms with E-state index in [4.69, 9.17) is 17.3 Å². The predicted molar refractivity (Wildman–Crippen MR) is 146 cm³/mol. The number of benzene rings is 2. The molecule has 0 radical (unpaired) electrons. The van der Waals surface area contributed by atoms with Crippen LogP contribution >= 0.6 is 11.6 Å². The Morgan fingerprint density at radius 2 is 1.68 bits per heavy atom. The van der Waals surface area contributed by atoms with Crippen molar-refractivity contribution in [2.24, 2.45) is 29.4 Å². The molecule has 0 spiro atoms. The number of anilines is 1. The summed E-state index contributed by atoms with van der Waals surface area (Å²) >= 11 is 6.03. The van der Waals surface area contributed by atoms with Gasteiger partial charge in [-0.2, -0.15) is 0 Å². The lowest BCUT2D eigenvalue weighted by Gasteiger charge is -2.52. The van der Waals surface area contributed by atoms with Gasteiger partial charge in [-0.1, -0.05) is 23.7 Å². The molecule has 3 aliphatic carbocycles. The van der Waals surface area contributed by atoms with Crippen molar-refractivity contribution in [1.82, 2.24) is 4.90 Å². The van der Waals surface area contributed by atoms with Gasteiger partial charge in [0.25, 0.3) is 0 Å². The summed E-state index contributed by atoms with van der Waals surface area (Å²) in [5.74, 6) is -10.7. The number of nitrogens with two attached hydrogens (primary N) is 1. The Bertz CT molecular complexity index is 1490. The number of aliphatic hydroxyl groups is 1. The van der Waals surface area contributed by atoms with Gasteiger partial charge in [-0.15, -0.1) is 0 Å². The second kappa shape index (κ2) is 9.50. The lowest BCUT2D eigenvalue weighted by molar-refractivity contribution is -0.181. The lowest BCUT2D eigenvalue weighted by atomic mass is 9.52. The Labute approximate surface area is 235 Å². The van der Waals surface area contributed by atoms with Gasteiger partial charge >= 0.3 is 0 Å². The van der Waals surface area contributed by atoms with Gasteiger partial charge in [-0.25, -0.2) is 0 Å². The maximum absolute atomic E-state index is 14.1. The van der Waals surface area contributed by atoms with Gasteiger partial charge in [0.15, 0.2) is 34.7 Å². The molecule has 1 amide bonds. The van der Waals surface area contributed by atoms with E-state index in [1.54, 1.807) is 63.4 Å². The van der Waals surface area contributed by atoms with Crippen molar-refractivity contribution >= 4 is 46.3 Å². The molecule has 4 N–H and O–H groups in total. The zero-order chi connectivity index (χ0) is 29.4. The third-order valence-electron chi connectivity index (χ3n) is 8.67. The van der Waals surface area contributed by atoms with Crippen molar-refractivity contribution in [2.45, 2.75) is 24.5 Å². The van der Waals surface area contributed by atoms with Gasteiger partial charge in [0.05, 0.1) is 17.5 Å². The van der Waals surface area contributed by atoms with Gasteiger partial charge in [0.1, 0.15) is 5.75 Å². The minimum atomic E-state index is -2.76. The summed E-state index contributed by atoms with van der Waals surface area (Å²) in [7, 11) is 6.69. The third-order valence-corrected chi connectivity index (χ3v) is 8.93. The van der Waals surface area contributed by atoms with E-state index in [9.17, 15) is 34.2 Å². The smallest absolute Gasteiger partial charge is 0.235 e. The SMILES string of the molecule is CN(C)c1cc(-c2ccc(Cl)cc2)c(O)c2c1C[C@@H]1C[C@@H]3[C@@H](N(C)C)C(=O)C(C(N)=O)C(=O)[C@]3(O)C(=O)C1C2=O. The highest BCUT2D eigenvalue weighted by atomic mass is 35.5. The molecular weight excluding hydrogens is 538 g/mol. The molecule has 0 saturated heterocycles. The van der Waals surface area contributed by atoms with Crippen molar-refractivity contribution in [1.29, 1.82) is 0 Å². The van der Waals surface area contributed by atoms with Crippen LogP contribution in [0, 0.1) is 23.7 Å². The molecule has 6 atom stereocenters. The monoisotopic (exact) mass is 567 g/mol. The second-order valence-corrected chi connectivity index (χ2v) is 11.8. The molecule has 10 nitrogen and oxygen atoms in total. The number of phenolic OH excluding ortho intramolecular Hbond substituents is 1. The highest BCUT2D eigenvalue weighted by Gasteiger charge is 2.69. The Kier molecular flexibility index (Phi) is 6.64. The van der Waals surface area contributed by atoms with Crippen LogP contribution in [0.15, 0.2) is 30.3 Å². The molecule has 3 aliphatic rings. The van der Waals surface area contributed by atoms with Gasteiger partial charge in [0.2, 0.25) is 5.91 Å². The van der Waals surface area contributed by atoms with Gasteiger partial charge in [-0.05, 0) is 62.2 Å². The maximum Gasteiger partial charge on any atom is 0.235 e. The molecule has 210 valence electrons. The first-order valence-corrected chi connectivity index (χ1v) is 13.3. The van der Waals surface area contributed by atoms with Gasteiger partial charge in [0, 0.05) is 36.3 Å². The molecule has 2 unspecified atom stereocenters. The highest BCUT2D eigenvalue weighted by Crippen LogP contribution is 2.53. The summed E-state index contributed by atoms with van der Waals surface area (Å²) in [6, 6.07) is 7.31. The van der Waals surface area contributed by atoms with E-state index in [1.807, 2.05) is 0 Å². The molecule has 2 aromatic carbocycles. The number of ketones is 4. The molecule has 2 aromatic rings. The molecule has 0 aliphatic heterocycles. The van der Waals surface area contributed by atoms with E-state index < -0.39 is 64.4 Å². The number of aromatic hydroxyl groups is 1. The fourth-order valence-corrected chi connectivity index (χ4v) is 7.03. The average Bonchev–Trinajstić information content (AvgIpc) is 2.86. The first kappa shape index (κ1) is 27.9. The Morgan fingerprint density at radius 1 is 1.05 bits per heavy atom. The second-order valence-electron chi connectivity index (χ2n) is 11.3. The van der Waals surface area contributed by atoms with Crippen LogP contribution in [0.4, 0.5) is 5.69 Å². The third kappa shape index (κ3) is 3.81. The summed E-state index contributed by atoms with van der Waals surface area (Å²) in [6.45, 7) is 0. The standard InChI is InChI=1S/C29H30ClN3O7/c1-32(2)18-11-15(12-5-7-14(30)8-6-12)23(34)20-16(18)9-13-10-17-22(33(3)4)25(36)21(28(31)39)27(38)29(17,40)26(37)19(13)24(20)35/h5-8,11,13,17,19,21-22,34,40H,9-10H2,1-4H3,(H2,31,39)/t13-,17-,19?,21?,22-,29-/m1/s1. The number of nitrogens with zero attached hydrogens (tertiary/aromatic N) is 2. The summed E-state index contributed by atoms with van der Waals surface area (Å²) < 4.78 is 0. The number of primary amides is 1. The molecule has 0 heterocycles. The predicted octanol–water partition coefficient (Wildman–Crippen LogP) is 1.25. The minimum absolute atomic E-state index is 0.00351. The Hall–Kier alpha value is -3.60. The number of hydrogen-bond acceptors (Lipinski definition) is 9. The molecule has 5 rings (SSSR count). The Balaban J connectivity index is 1.69. The number of Topliss-reactive ketones (excluding diaryl/α,β-unsaturated/α-hetero) is 4. The van der Waals surface area contributed by atoms with Crippen LogP contribution in [-0.2, 0) is 25.6 Å². The van der Waals surface area contributed by atoms with Crippen molar-refractivity contribution < 1.29 is 34.2 Å². The van der Waals surface area contributed by atoms with Crippen LogP contribution in [0.3, 0.4) is 0 Å². The molecule has 11 heteroatoms. The zero-order valence-electron chi connectivity index (χ0n) is 22.5. The quantitative estimate of drug-likeness (QED) is 0.462. The van der Waals surface area contributed by atoms with Crippen LogP contribution in [-0.4, -0.2) is 84.0 Å². The highest BCUT2D eigenvalue weighted by molar-refractivity contribution is 6.32. The van der Waals surface area contributed by atoms with E-state index in [0.29, 0.717) is 27.4 Å². The number of halogens is 1. The number of carbonyl (C=O) groups excluding carboxylic acids is 5. The van der Waals surface area contributed by atoms with E-state index in [-0.39, 0.29) is 24.2 Å². The number of likely N-dealkylation sites (N-methyl/N-ethyl adjacent to an activating group) is 1. The number of carbonyl (C=O) groups is 5. The number of hydrogen-bond donors (Lipinski definition) is 3. The van der Waals surface area contributed by atoms with Gasteiger partial charge < -0.3 is 20.8 Å². The Morgan fingerprint density at radius 3 is 2.23 bits per heavy atom. The van der Waals surface area contributed by atoms with Crippen LogP contribution in [0.25, 0.3) is 11.1 Å². The summed E-state index contributed by atoms with van der Waals surface area (Å²) in [6.07, 6.45) is 0.185. The maximum atomic E-state index is 14.1. The molecule has 2 fully saturated rings. The topological polar surface area (TPSA) is 158 Å². The van der Waals surface area contributed by atoms with Gasteiger partial charge in [-0.3, -0.25) is 28.9 Å². The number of amides is 1. The van der Waals surface area contributed by atoms with Crippen molar-refractivity contribution in [3.8, 4) is 16.9 Å². The van der Waals surface area contributed by atoms with Crippen LogP contribution in [0.1, 0.15) is 22.3 Å². The van der Waals surface area contributed by atoms with E-state index >= 15 is 0 Å². The summed E-state index contributed by atoms with van der Waals surface area (Å²) in [5, 5.41) is 23.6. The van der Waals surface area contributed by atoms with Crippen LogP contribution in [0.2, 0.25) is 5.02 Å². The average molecular weight is 568 g/mol. The molecule has 40 heavy (non-hydrogen) atoms. The zero-order valence-corrected chi connectivity index (χ0v) is 23.2. The largest absolute Gasteiger partial charge is 0.507 e. The molecule has 0 aromatic heterocycles. The fraction of sp³-hybridized carbons (Fsp3) is 0.414. The van der Waals surface area contributed by atoms with Crippen molar-refractivity contribution in [2.75, 3.05) is 33.1 Å². The van der Waals surface area contributed by atoms with E-state index in [1.165, 1.54) is 4.90 Å². The first-order chi connectivity index (χ1) is 18.7. The molecular formula is C29H30ClN3O7. The van der Waals surface area contributed by atoms with Crippen LogP contribution in [0.5, 0.6) is 5.75 Å². The lowest BCUT2D eigenvalue weighted by Crippen LogP contribution is -2.74. The first-order valence-electron chi connectivity index (χ1n) is 12.9. The summed E-state index contributed by atoms with van der Waals surface area (Å²) in [4.78, 5) is 70.2. The van der Waals surface area contributed by atoms with Crippen molar-refractivity contribution in [3.05, 3.63) is 46.5 Å². The number of phenols is 1. The van der Waals surface area contributed by atoms with E-state index in [2.05, 4.69) is 0 Å².